The van der Waals surface area contributed by atoms with Crippen LogP contribution in [0.25, 0.3) is 6.20 Å². The molecule has 0 fully saturated rings. The first-order valence-electron chi connectivity index (χ1n) is 7.07. The molecular formula is C16H17N7O. The zero-order chi connectivity index (χ0) is 17.0. The van der Waals surface area contributed by atoms with Gasteiger partial charge in [-0.25, -0.2) is 4.79 Å². The van der Waals surface area contributed by atoms with Gasteiger partial charge in [-0.2, -0.15) is 0 Å². The van der Waals surface area contributed by atoms with Gasteiger partial charge in [-0.15, -0.1) is 0 Å². The first-order chi connectivity index (χ1) is 11.8. The number of hydrogen-bond acceptors (Lipinski definition) is 5. The topological polar surface area (TPSA) is 101 Å². The summed E-state index contributed by atoms with van der Waals surface area (Å²) in [4.78, 5) is 28.9. The highest BCUT2D eigenvalue weighted by Gasteiger charge is 2.09. The van der Waals surface area contributed by atoms with E-state index < -0.39 is 6.03 Å². The van der Waals surface area contributed by atoms with Gasteiger partial charge in [0, 0.05) is 73.9 Å². The molecule has 2 amide bonds. The van der Waals surface area contributed by atoms with Crippen molar-refractivity contribution < 1.29 is 4.79 Å². The smallest absolute Gasteiger partial charge is 0.319 e. The van der Waals surface area contributed by atoms with Crippen molar-refractivity contribution in [3.63, 3.8) is 0 Å². The highest BCUT2D eigenvalue weighted by atomic mass is 16.2. The van der Waals surface area contributed by atoms with Gasteiger partial charge in [0.2, 0.25) is 0 Å². The fraction of sp³-hybridized carbons (Fsp3) is 0.0625. The fourth-order valence-corrected chi connectivity index (χ4v) is 1.75. The van der Waals surface area contributed by atoms with Crippen LogP contribution in [0.4, 0.5) is 4.79 Å². The third-order valence-electron chi connectivity index (χ3n) is 2.84. The number of rotatable bonds is 0. The van der Waals surface area contributed by atoms with E-state index in [1.165, 1.54) is 42.1 Å². The Morgan fingerprint density at radius 2 is 1.50 bits per heavy atom. The van der Waals surface area contributed by atoms with Crippen molar-refractivity contribution in [2.45, 2.75) is 6.54 Å². The van der Waals surface area contributed by atoms with Gasteiger partial charge in [0.1, 0.15) is 0 Å². The summed E-state index contributed by atoms with van der Waals surface area (Å²) in [7, 11) is 0. The number of carbonyl (C=O) groups excluding carboxylic acids is 1. The lowest BCUT2D eigenvalue weighted by Crippen LogP contribution is -2.31. The Balaban J connectivity index is 2.26. The van der Waals surface area contributed by atoms with Crippen LogP contribution in [0.2, 0.25) is 0 Å². The van der Waals surface area contributed by atoms with Gasteiger partial charge in [0.25, 0.3) is 0 Å². The molecule has 24 heavy (non-hydrogen) atoms. The zero-order valence-corrected chi connectivity index (χ0v) is 12.9. The summed E-state index contributed by atoms with van der Waals surface area (Å²) >= 11 is 0. The van der Waals surface area contributed by atoms with E-state index in [1.807, 2.05) is 22.9 Å². The lowest BCUT2D eigenvalue weighted by Gasteiger charge is -2.15. The highest BCUT2D eigenvalue weighted by Crippen LogP contribution is 2.08. The predicted octanol–water partition coefficient (Wildman–Crippen LogP) is 2.04. The van der Waals surface area contributed by atoms with Gasteiger partial charge in [-0.1, -0.05) is 0 Å². The van der Waals surface area contributed by atoms with Gasteiger partial charge < -0.3 is 10.3 Å². The fourth-order valence-electron chi connectivity index (χ4n) is 1.75. The first-order valence-corrected chi connectivity index (χ1v) is 7.07. The predicted molar refractivity (Wildman–Crippen MR) is 97.1 cm³/mol. The number of fused-ring (bicyclic) bond motifs is 1. The zero-order valence-electron chi connectivity index (χ0n) is 12.9. The van der Waals surface area contributed by atoms with E-state index in [-0.39, 0.29) is 0 Å². The maximum atomic E-state index is 11.6. The molecule has 2 N–H and O–H groups in total. The lowest BCUT2D eigenvalue weighted by molar-refractivity contribution is 0.222. The molecular weight excluding hydrogens is 306 g/mol. The molecule has 1 aromatic rings. The summed E-state index contributed by atoms with van der Waals surface area (Å²) in [5.41, 5.74) is 6.26. The molecule has 2 heterocycles. The van der Waals surface area contributed by atoms with Crippen molar-refractivity contribution in [2.75, 3.05) is 0 Å². The van der Waals surface area contributed by atoms with Crippen LogP contribution in [-0.2, 0) is 6.54 Å². The number of carbonyl (C=O) groups is 1. The minimum atomic E-state index is -0.571. The molecule has 0 saturated carbocycles. The van der Waals surface area contributed by atoms with Gasteiger partial charge in [-0.05, 0) is 12.1 Å². The molecule has 122 valence electrons. The number of nitrogens with two attached hydrogens (primary N) is 1. The van der Waals surface area contributed by atoms with Gasteiger partial charge in [0.05, 0.1) is 6.54 Å². The molecule has 0 aromatic carbocycles. The maximum absolute atomic E-state index is 11.6. The van der Waals surface area contributed by atoms with Crippen molar-refractivity contribution in [2.24, 2.45) is 25.7 Å². The second-order valence-electron chi connectivity index (χ2n) is 4.46. The van der Waals surface area contributed by atoms with E-state index in [1.54, 1.807) is 24.8 Å². The molecule has 1 aromatic heterocycles. The Bertz CT molecular complexity index is 750. The van der Waals surface area contributed by atoms with Crippen LogP contribution in [-0.4, -0.2) is 40.4 Å². The van der Waals surface area contributed by atoms with Gasteiger partial charge in [0.15, 0.2) is 0 Å². The first kappa shape index (κ1) is 16.8. The number of primary amides is 1. The number of aliphatic imine (C=N–C) groups is 4. The number of urea groups is 1. The standard InChI is InChI=1S/C16H17N7O/c17-16(24)23-13-10-21-8-6-19-4-3-18-5-7-20-9-12-22-11-1-2-15(22)14-23/h1-13H,14H2,(H2,17,24). The van der Waals surface area contributed by atoms with E-state index in [4.69, 9.17) is 5.73 Å². The molecule has 1 aliphatic rings. The Hall–Kier alpha value is -3.55. The van der Waals surface area contributed by atoms with Crippen LogP contribution in [0.5, 0.6) is 0 Å². The lowest BCUT2D eigenvalue weighted by atomic mass is 10.4. The summed E-state index contributed by atoms with van der Waals surface area (Å²) in [5.74, 6) is 0. The Morgan fingerprint density at radius 1 is 0.917 bits per heavy atom. The number of nitrogens with zero attached hydrogens (tertiary/aromatic N) is 6. The minimum absolute atomic E-state index is 0.306. The second kappa shape index (κ2) is 9.46. The summed E-state index contributed by atoms with van der Waals surface area (Å²) in [5, 5.41) is 0. The molecule has 8 heteroatoms. The summed E-state index contributed by atoms with van der Waals surface area (Å²) < 4.78 is 1.84. The largest absolute Gasteiger partial charge is 0.351 e. The van der Waals surface area contributed by atoms with Crippen LogP contribution >= 0.6 is 0 Å². The SMILES string of the molecule is NC(=O)N1C=CN=CC=NC=CN=CC=NC=Cn2cccc2C1. The monoisotopic (exact) mass is 323 g/mol. The quantitative estimate of drug-likeness (QED) is 0.776. The highest BCUT2D eigenvalue weighted by molar-refractivity contribution is 6.16. The van der Waals surface area contributed by atoms with Gasteiger partial charge >= 0.3 is 6.03 Å². The van der Waals surface area contributed by atoms with E-state index in [0.29, 0.717) is 6.54 Å². The van der Waals surface area contributed by atoms with Gasteiger partial charge in [-0.3, -0.25) is 24.9 Å². The number of hydrogen-bond donors (Lipinski definition) is 1. The molecule has 0 atom stereocenters. The van der Waals surface area contributed by atoms with Crippen LogP contribution in [0.3, 0.4) is 0 Å². The molecule has 0 spiro atoms. The molecule has 0 bridgehead atoms. The van der Waals surface area contributed by atoms with Crippen molar-refractivity contribution in [3.8, 4) is 0 Å². The van der Waals surface area contributed by atoms with Crippen molar-refractivity contribution in [3.05, 3.63) is 55.0 Å². The average Bonchev–Trinajstić information content (AvgIpc) is 3.00. The molecule has 2 rings (SSSR count). The van der Waals surface area contributed by atoms with E-state index in [2.05, 4.69) is 20.0 Å². The molecule has 0 radical (unpaired) electrons. The summed E-state index contributed by atoms with van der Waals surface area (Å²) in [6, 6.07) is 3.19. The number of aromatic nitrogens is 1. The normalized spacial score (nSPS) is 15.2. The van der Waals surface area contributed by atoms with Crippen LogP contribution < -0.4 is 5.73 Å². The summed E-state index contributed by atoms with van der Waals surface area (Å²) in [6.45, 7) is 0.306. The van der Waals surface area contributed by atoms with Crippen LogP contribution in [0.1, 0.15) is 5.69 Å². The molecule has 1 aliphatic heterocycles. The molecule has 0 unspecified atom stereocenters. The summed E-state index contributed by atoms with van der Waals surface area (Å²) in [6.07, 6.45) is 17.3. The van der Waals surface area contributed by atoms with E-state index >= 15 is 0 Å². The van der Waals surface area contributed by atoms with Crippen LogP contribution in [0, 0.1) is 0 Å². The third kappa shape index (κ3) is 5.68. The Morgan fingerprint density at radius 3 is 2.12 bits per heavy atom. The van der Waals surface area contributed by atoms with Crippen molar-refractivity contribution >= 4 is 37.1 Å². The van der Waals surface area contributed by atoms with E-state index in [9.17, 15) is 4.79 Å². The maximum Gasteiger partial charge on any atom is 0.319 e. The third-order valence-corrected chi connectivity index (χ3v) is 2.84. The Kier molecular flexibility index (Phi) is 6.63. The van der Waals surface area contributed by atoms with E-state index in [0.717, 1.165) is 5.69 Å². The Labute approximate surface area is 139 Å². The minimum Gasteiger partial charge on any atom is -0.351 e. The molecule has 0 saturated heterocycles. The average molecular weight is 323 g/mol. The second-order valence-corrected chi connectivity index (χ2v) is 4.46. The molecule has 8 nitrogen and oxygen atoms in total. The number of amides is 2. The van der Waals surface area contributed by atoms with Crippen LogP contribution in [0.15, 0.2) is 69.3 Å². The van der Waals surface area contributed by atoms with Crippen molar-refractivity contribution in [1.82, 2.24) is 9.47 Å². The van der Waals surface area contributed by atoms with Crippen molar-refractivity contribution in [1.29, 1.82) is 0 Å². The molecule has 0 aliphatic carbocycles.